The van der Waals surface area contributed by atoms with E-state index in [1.807, 2.05) is 0 Å². The van der Waals surface area contributed by atoms with Gasteiger partial charge in [0.15, 0.2) is 0 Å². The van der Waals surface area contributed by atoms with E-state index >= 15 is 0 Å². The third kappa shape index (κ3) is 6.56. The molecule has 0 bridgehead atoms. The van der Waals surface area contributed by atoms with Crippen molar-refractivity contribution in [1.82, 2.24) is 5.32 Å². The van der Waals surface area contributed by atoms with E-state index in [9.17, 15) is 33.3 Å². The zero-order valence-corrected chi connectivity index (χ0v) is 17.2. The Labute approximate surface area is 181 Å². The van der Waals surface area contributed by atoms with Crippen LogP contribution in [0.1, 0.15) is 23.5 Å². The molecule has 11 heteroatoms. The molecular formula is C21H20F2N2O7. The van der Waals surface area contributed by atoms with Crippen molar-refractivity contribution in [3.8, 4) is 0 Å². The fraction of sp³-hybridized carbons (Fsp3) is 0.286. The Bertz CT molecular complexity index is 991. The fourth-order valence-electron chi connectivity index (χ4n) is 3.11. The third-order valence-electron chi connectivity index (χ3n) is 4.61. The molecule has 0 aromatic heterocycles. The fourth-order valence-corrected chi connectivity index (χ4v) is 3.11. The molecule has 0 spiro atoms. The summed E-state index contributed by atoms with van der Waals surface area (Å²) in [7, 11) is 2.22. The first-order valence-corrected chi connectivity index (χ1v) is 9.28. The van der Waals surface area contributed by atoms with Crippen LogP contribution in [0.3, 0.4) is 0 Å². The van der Waals surface area contributed by atoms with Crippen LogP contribution in [0.5, 0.6) is 0 Å². The molecule has 170 valence electrons. The molecule has 2 aromatic carbocycles. The number of carbonyl (C=O) groups excluding carboxylic acids is 3. The van der Waals surface area contributed by atoms with Gasteiger partial charge in [-0.25, -0.2) is 13.6 Å². The summed E-state index contributed by atoms with van der Waals surface area (Å²) in [5.41, 5.74) is 0.148. The first-order valence-electron chi connectivity index (χ1n) is 9.28. The maximum atomic E-state index is 13.4. The second kappa shape index (κ2) is 10.9. The van der Waals surface area contributed by atoms with Crippen molar-refractivity contribution in [3.05, 3.63) is 75.3 Å². The maximum absolute atomic E-state index is 13.4. The Morgan fingerprint density at radius 1 is 1.03 bits per heavy atom. The largest absolute Gasteiger partial charge is 0.469 e. The summed E-state index contributed by atoms with van der Waals surface area (Å²) < 4.78 is 36.2. The Hall–Kier alpha value is -3.89. The first-order chi connectivity index (χ1) is 15.1. The lowest BCUT2D eigenvalue weighted by molar-refractivity contribution is -0.384. The minimum absolute atomic E-state index is 0.0310. The van der Waals surface area contributed by atoms with Crippen LogP contribution in [-0.4, -0.2) is 43.0 Å². The number of nitrogens with one attached hydrogen (secondary N) is 1. The van der Waals surface area contributed by atoms with Crippen LogP contribution in [0.25, 0.3) is 0 Å². The van der Waals surface area contributed by atoms with Gasteiger partial charge in [-0.1, -0.05) is 12.1 Å². The van der Waals surface area contributed by atoms with Crippen molar-refractivity contribution in [3.63, 3.8) is 0 Å². The maximum Gasteiger partial charge on any atom is 0.329 e. The summed E-state index contributed by atoms with van der Waals surface area (Å²) in [6.45, 7) is 0. The molecule has 0 heterocycles. The smallest absolute Gasteiger partial charge is 0.329 e. The normalized spacial score (nSPS) is 12.4. The summed E-state index contributed by atoms with van der Waals surface area (Å²) in [6, 6.07) is 6.27. The molecule has 2 aromatic rings. The van der Waals surface area contributed by atoms with Gasteiger partial charge in [0.25, 0.3) is 5.69 Å². The molecule has 0 radical (unpaired) electrons. The minimum Gasteiger partial charge on any atom is -0.469 e. The number of methoxy groups -OCH3 is 2. The van der Waals surface area contributed by atoms with Crippen molar-refractivity contribution in [1.29, 1.82) is 0 Å². The molecule has 0 aliphatic heterocycles. The highest BCUT2D eigenvalue weighted by Gasteiger charge is 2.34. The van der Waals surface area contributed by atoms with E-state index in [1.54, 1.807) is 0 Å². The van der Waals surface area contributed by atoms with Crippen LogP contribution >= 0.6 is 0 Å². The van der Waals surface area contributed by atoms with Crippen LogP contribution in [0.4, 0.5) is 14.5 Å². The lowest BCUT2D eigenvalue weighted by Crippen LogP contribution is -2.46. The molecule has 9 nitrogen and oxygen atoms in total. The highest BCUT2D eigenvalue weighted by Crippen LogP contribution is 2.27. The van der Waals surface area contributed by atoms with Gasteiger partial charge in [0.05, 0.1) is 32.0 Å². The molecule has 0 unspecified atom stereocenters. The van der Waals surface area contributed by atoms with E-state index < -0.39 is 52.8 Å². The quantitative estimate of drug-likeness (QED) is 0.353. The van der Waals surface area contributed by atoms with Crippen LogP contribution in [-0.2, 0) is 30.3 Å². The summed E-state index contributed by atoms with van der Waals surface area (Å²) in [4.78, 5) is 47.2. The Morgan fingerprint density at radius 3 is 2.12 bits per heavy atom. The number of carbonyl (C=O) groups is 3. The highest BCUT2D eigenvalue weighted by atomic mass is 19.1. The number of nitro benzene ring substituents is 1. The number of non-ortho nitro benzene ring substituents is 1. The van der Waals surface area contributed by atoms with Crippen molar-refractivity contribution in [2.75, 3.05) is 14.2 Å². The van der Waals surface area contributed by atoms with E-state index in [-0.39, 0.29) is 17.7 Å². The molecule has 0 saturated heterocycles. The molecule has 0 fully saturated rings. The SMILES string of the molecule is COC(=O)C[C@@H](c1ccc([N+](=O)[O-])cc1)[C@H](NC(=O)Cc1cc(F)cc(F)c1)C(=O)OC. The lowest BCUT2D eigenvalue weighted by atomic mass is 9.88. The van der Waals surface area contributed by atoms with E-state index in [4.69, 9.17) is 4.74 Å². The number of ether oxygens (including phenoxy) is 2. The summed E-state index contributed by atoms with van der Waals surface area (Å²) in [5, 5.41) is 13.3. The Balaban J connectivity index is 2.34. The molecule has 0 aliphatic rings. The van der Waals surface area contributed by atoms with E-state index in [0.29, 0.717) is 11.6 Å². The number of hydrogen-bond acceptors (Lipinski definition) is 7. The van der Waals surface area contributed by atoms with Crippen LogP contribution in [0.15, 0.2) is 42.5 Å². The molecular weight excluding hydrogens is 430 g/mol. The second-order valence-corrected chi connectivity index (χ2v) is 6.76. The number of hydrogen-bond donors (Lipinski definition) is 1. The van der Waals surface area contributed by atoms with Gasteiger partial charge in [-0.3, -0.25) is 19.7 Å². The second-order valence-electron chi connectivity index (χ2n) is 6.76. The average Bonchev–Trinajstić information content (AvgIpc) is 2.74. The molecule has 1 amide bonds. The van der Waals surface area contributed by atoms with Gasteiger partial charge in [0.1, 0.15) is 17.7 Å². The van der Waals surface area contributed by atoms with Crippen LogP contribution in [0, 0.1) is 21.7 Å². The Morgan fingerprint density at radius 2 is 1.62 bits per heavy atom. The van der Waals surface area contributed by atoms with Crippen molar-refractivity contribution in [2.24, 2.45) is 0 Å². The van der Waals surface area contributed by atoms with Crippen molar-refractivity contribution in [2.45, 2.75) is 24.8 Å². The van der Waals surface area contributed by atoms with Crippen molar-refractivity contribution >= 4 is 23.5 Å². The summed E-state index contributed by atoms with van der Waals surface area (Å²) in [5.74, 6) is -5.09. The molecule has 32 heavy (non-hydrogen) atoms. The van der Waals surface area contributed by atoms with Gasteiger partial charge in [-0.05, 0) is 23.3 Å². The molecule has 2 rings (SSSR count). The zero-order valence-electron chi connectivity index (χ0n) is 17.2. The minimum atomic E-state index is -1.38. The first kappa shape index (κ1) is 24.4. The number of nitrogens with zero attached hydrogens (tertiary/aromatic N) is 1. The standard InChI is InChI=1S/C21H20F2N2O7/c1-31-19(27)11-17(13-3-5-16(6-4-13)25(29)30)20(21(28)32-2)24-18(26)9-12-7-14(22)10-15(23)8-12/h3-8,10,17,20H,9,11H2,1-2H3,(H,24,26)/t17-,20-/m0/s1. The highest BCUT2D eigenvalue weighted by molar-refractivity contribution is 5.87. The van der Waals surface area contributed by atoms with Crippen LogP contribution in [0.2, 0.25) is 0 Å². The van der Waals surface area contributed by atoms with E-state index in [0.717, 1.165) is 26.4 Å². The molecule has 1 N–H and O–H groups in total. The third-order valence-corrected chi connectivity index (χ3v) is 4.61. The number of halogens is 2. The van der Waals surface area contributed by atoms with Gasteiger partial charge in [-0.2, -0.15) is 0 Å². The van der Waals surface area contributed by atoms with Crippen molar-refractivity contribution < 1.29 is 37.6 Å². The van der Waals surface area contributed by atoms with Gasteiger partial charge < -0.3 is 14.8 Å². The number of esters is 2. The Kier molecular flexibility index (Phi) is 8.33. The van der Waals surface area contributed by atoms with E-state index in [2.05, 4.69) is 10.1 Å². The molecule has 2 atom stereocenters. The van der Waals surface area contributed by atoms with Gasteiger partial charge >= 0.3 is 11.9 Å². The molecule has 0 saturated carbocycles. The number of benzene rings is 2. The predicted octanol–water partition coefficient (Wildman–Crippen LogP) is 2.42. The van der Waals surface area contributed by atoms with Gasteiger partial charge in [0, 0.05) is 24.1 Å². The number of rotatable bonds is 9. The van der Waals surface area contributed by atoms with Crippen LogP contribution < -0.4 is 5.32 Å². The van der Waals surface area contributed by atoms with Gasteiger partial charge in [-0.15, -0.1) is 0 Å². The average molecular weight is 450 g/mol. The monoisotopic (exact) mass is 450 g/mol. The lowest BCUT2D eigenvalue weighted by Gasteiger charge is -2.26. The topological polar surface area (TPSA) is 125 Å². The summed E-state index contributed by atoms with van der Waals surface area (Å²) in [6.07, 6.45) is -0.809. The number of amides is 1. The molecule has 0 aliphatic carbocycles. The van der Waals surface area contributed by atoms with Gasteiger partial charge in [0.2, 0.25) is 5.91 Å². The predicted molar refractivity (Wildman–Crippen MR) is 106 cm³/mol. The zero-order chi connectivity index (χ0) is 23.8. The van der Waals surface area contributed by atoms with E-state index in [1.165, 1.54) is 24.3 Å². The summed E-state index contributed by atoms with van der Waals surface area (Å²) >= 11 is 0. The number of nitro groups is 1.